The van der Waals surface area contributed by atoms with Crippen molar-refractivity contribution in [3.8, 4) is 0 Å². The van der Waals surface area contributed by atoms with Gasteiger partial charge in [-0.3, -0.25) is 4.79 Å². The lowest BCUT2D eigenvalue weighted by atomic mass is 9.43. The number of rotatable bonds is 0. The Morgan fingerprint density at radius 1 is 1.00 bits per heavy atom. The first kappa shape index (κ1) is 21.1. The van der Waals surface area contributed by atoms with Crippen LogP contribution in [0.5, 0.6) is 0 Å². The van der Waals surface area contributed by atoms with E-state index in [1.807, 2.05) is 0 Å². The van der Waals surface area contributed by atoms with Crippen LogP contribution in [0.1, 0.15) is 91.9 Å². The monoisotopic (exact) mass is 430 g/mol. The van der Waals surface area contributed by atoms with Gasteiger partial charge >= 0.3 is 0 Å². The molecule has 0 aromatic heterocycles. The molecular weight excluding hydrogens is 388 g/mol. The predicted molar refractivity (Wildman–Crippen MR) is 118 cm³/mol. The number of fused-ring (bicyclic) bond motifs is 7. The van der Waals surface area contributed by atoms with Crippen molar-refractivity contribution < 1.29 is 19.4 Å². The lowest BCUT2D eigenvalue weighted by Crippen LogP contribution is -2.63. The fraction of sp³-hybridized carbons (Fsp3) is 0.963. The molecule has 11 atom stereocenters. The summed E-state index contributed by atoms with van der Waals surface area (Å²) in [5.74, 6) is 2.80. The number of aliphatic hydroxyl groups is 1. The van der Waals surface area contributed by atoms with Crippen LogP contribution in [0.3, 0.4) is 0 Å². The molecule has 4 nitrogen and oxygen atoms in total. The van der Waals surface area contributed by atoms with E-state index < -0.39 is 11.4 Å². The molecule has 6 aliphatic rings. The van der Waals surface area contributed by atoms with E-state index in [9.17, 15) is 9.90 Å². The molecule has 31 heavy (non-hydrogen) atoms. The van der Waals surface area contributed by atoms with Gasteiger partial charge in [-0.05, 0) is 67.6 Å². The van der Waals surface area contributed by atoms with Crippen molar-refractivity contribution in [3.05, 3.63) is 0 Å². The van der Waals surface area contributed by atoms with Crippen molar-refractivity contribution in [1.82, 2.24) is 0 Å². The Balaban J connectivity index is 1.31. The van der Waals surface area contributed by atoms with Gasteiger partial charge in [0.15, 0.2) is 5.79 Å². The van der Waals surface area contributed by atoms with Gasteiger partial charge in [0.05, 0.1) is 18.3 Å². The molecule has 1 N–H and O–H groups in total. The fourth-order valence-corrected chi connectivity index (χ4v) is 10.0. The fourth-order valence-electron chi connectivity index (χ4n) is 10.0. The molecule has 174 valence electrons. The second kappa shape index (κ2) is 6.57. The number of hydrogen-bond donors (Lipinski definition) is 1. The summed E-state index contributed by atoms with van der Waals surface area (Å²) in [6, 6.07) is 0. The number of carbonyl (C=O) groups is 1. The summed E-state index contributed by atoms with van der Waals surface area (Å²) in [6.45, 7) is 10.2. The van der Waals surface area contributed by atoms with Crippen LogP contribution in [0.2, 0.25) is 0 Å². The van der Waals surface area contributed by atoms with E-state index in [-0.39, 0.29) is 16.9 Å². The minimum absolute atomic E-state index is 0.0954. The van der Waals surface area contributed by atoms with Crippen molar-refractivity contribution in [2.24, 2.45) is 46.3 Å². The van der Waals surface area contributed by atoms with Crippen LogP contribution >= 0.6 is 0 Å². The van der Waals surface area contributed by atoms with E-state index in [0.717, 1.165) is 58.0 Å². The van der Waals surface area contributed by atoms with E-state index in [1.54, 1.807) is 0 Å². The maximum Gasteiger partial charge on any atom is 0.171 e. The average Bonchev–Trinajstić information content (AvgIpc) is 3.12. The molecule has 4 heteroatoms. The summed E-state index contributed by atoms with van der Waals surface area (Å²) in [5, 5.41) is 12.5. The van der Waals surface area contributed by atoms with Crippen LogP contribution in [-0.2, 0) is 14.3 Å². The summed E-state index contributed by atoms with van der Waals surface area (Å²) in [4.78, 5) is 12.2. The van der Waals surface area contributed by atoms with Crippen LogP contribution < -0.4 is 0 Å². The summed E-state index contributed by atoms with van der Waals surface area (Å²) in [7, 11) is 0. The third-order valence-corrected chi connectivity index (χ3v) is 11.9. The molecular formula is C27H42O4. The van der Waals surface area contributed by atoms with Crippen molar-refractivity contribution >= 4 is 5.78 Å². The van der Waals surface area contributed by atoms with E-state index >= 15 is 0 Å². The van der Waals surface area contributed by atoms with Gasteiger partial charge in [-0.1, -0.05) is 27.7 Å². The summed E-state index contributed by atoms with van der Waals surface area (Å²) in [5.41, 5.74) is -0.512. The normalized spacial score (nSPS) is 60.9. The molecule has 6 rings (SSSR count). The Morgan fingerprint density at radius 2 is 1.81 bits per heavy atom. The second-order valence-electron chi connectivity index (χ2n) is 13.1. The second-order valence-corrected chi connectivity index (χ2v) is 13.1. The summed E-state index contributed by atoms with van der Waals surface area (Å²) >= 11 is 0. The van der Waals surface area contributed by atoms with Gasteiger partial charge in [-0.2, -0.15) is 0 Å². The Morgan fingerprint density at radius 3 is 2.55 bits per heavy atom. The van der Waals surface area contributed by atoms with Crippen LogP contribution in [-0.4, -0.2) is 35.0 Å². The van der Waals surface area contributed by atoms with E-state index in [1.165, 1.54) is 12.8 Å². The Bertz CT molecular complexity index is 771. The maximum atomic E-state index is 12.5. The average molecular weight is 431 g/mol. The van der Waals surface area contributed by atoms with Crippen molar-refractivity contribution in [3.63, 3.8) is 0 Å². The highest BCUT2D eigenvalue weighted by Gasteiger charge is 2.74. The Kier molecular flexibility index (Phi) is 4.47. The van der Waals surface area contributed by atoms with Gasteiger partial charge in [-0.15, -0.1) is 0 Å². The first-order chi connectivity index (χ1) is 14.6. The van der Waals surface area contributed by atoms with Crippen LogP contribution in [0, 0.1) is 46.3 Å². The largest absolute Gasteiger partial charge is 0.389 e. The number of Topliss-reactive ketones (excluding diaryl/α,β-unsaturated/α-hetero) is 1. The first-order valence-corrected chi connectivity index (χ1v) is 13.2. The Labute approximate surface area is 187 Å². The van der Waals surface area contributed by atoms with E-state index in [2.05, 4.69) is 27.7 Å². The SMILES string of the molecule is C[C@@H]1CC[C@@]2(OC1)O[C@H]1C[C@@]3(O)[C@@H]4CC[C@@H]5CC(=O)CC[C@]5(C)[C@H]4CC[C@]3(C)[C@H]1[C@@H]2C. The molecule has 2 heterocycles. The molecule has 2 saturated heterocycles. The zero-order chi connectivity index (χ0) is 21.8. The maximum absolute atomic E-state index is 12.5. The zero-order valence-electron chi connectivity index (χ0n) is 20.0. The minimum atomic E-state index is -0.640. The molecule has 0 aromatic carbocycles. The molecule has 4 saturated carbocycles. The summed E-state index contributed by atoms with van der Waals surface area (Å²) in [6.07, 6.45) is 10.1. The van der Waals surface area contributed by atoms with Crippen molar-refractivity contribution in [2.45, 2.75) is 109 Å². The highest BCUT2D eigenvalue weighted by Crippen LogP contribution is 2.72. The highest BCUT2D eigenvalue weighted by molar-refractivity contribution is 5.79. The topological polar surface area (TPSA) is 55.8 Å². The van der Waals surface area contributed by atoms with E-state index in [4.69, 9.17) is 9.47 Å². The van der Waals surface area contributed by atoms with Crippen LogP contribution in [0.4, 0.5) is 0 Å². The van der Waals surface area contributed by atoms with Gasteiger partial charge in [0, 0.05) is 42.9 Å². The molecule has 6 fully saturated rings. The third kappa shape index (κ3) is 2.56. The van der Waals surface area contributed by atoms with Gasteiger partial charge < -0.3 is 14.6 Å². The molecule has 0 radical (unpaired) electrons. The van der Waals surface area contributed by atoms with Gasteiger partial charge in [0.25, 0.3) is 0 Å². The lowest BCUT2D eigenvalue weighted by Gasteiger charge is -2.63. The predicted octanol–water partition coefficient (Wildman–Crippen LogP) is 5.12. The van der Waals surface area contributed by atoms with Gasteiger partial charge in [0.1, 0.15) is 5.78 Å². The molecule has 2 aliphatic heterocycles. The molecule has 0 bridgehead atoms. The zero-order valence-corrected chi connectivity index (χ0v) is 20.0. The lowest BCUT2D eigenvalue weighted by molar-refractivity contribution is -0.282. The smallest absolute Gasteiger partial charge is 0.171 e. The Hall–Kier alpha value is -0.450. The first-order valence-electron chi connectivity index (χ1n) is 13.2. The quantitative estimate of drug-likeness (QED) is 0.580. The number of carbonyl (C=O) groups excluding carboxylic acids is 1. The highest BCUT2D eigenvalue weighted by atomic mass is 16.7. The van der Waals surface area contributed by atoms with Crippen molar-refractivity contribution in [2.75, 3.05) is 6.61 Å². The molecule has 0 aromatic rings. The minimum Gasteiger partial charge on any atom is -0.389 e. The van der Waals surface area contributed by atoms with E-state index in [0.29, 0.717) is 41.3 Å². The standard InChI is InChI=1S/C27H42O4/c1-16-7-12-27(30-15-16)17(2)23-22(31-27)14-26(29)21-6-5-18-13-19(28)8-10-24(18,3)20(21)9-11-25(23,26)4/h16-18,20-23,29H,5-15H2,1-4H3/t16-,17+,18-,20+,21-,22+,23+,24+,25-,26-,27-/m1/s1. The number of ketones is 1. The van der Waals surface area contributed by atoms with Gasteiger partial charge in [0.2, 0.25) is 0 Å². The molecule has 0 amide bonds. The summed E-state index contributed by atoms with van der Waals surface area (Å²) < 4.78 is 13.2. The van der Waals surface area contributed by atoms with Crippen molar-refractivity contribution in [1.29, 1.82) is 0 Å². The molecule has 0 unspecified atom stereocenters. The van der Waals surface area contributed by atoms with Crippen LogP contribution in [0.25, 0.3) is 0 Å². The third-order valence-electron chi connectivity index (χ3n) is 11.9. The molecule has 1 spiro atoms. The number of hydrogen-bond acceptors (Lipinski definition) is 4. The van der Waals surface area contributed by atoms with Crippen LogP contribution in [0.15, 0.2) is 0 Å². The van der Waals surface area contributed by atoms with Gasteiger partial charge in [-0.25, -0.2) is 0 Å². The number of ether oxygens (including phenoxy) is 2. The molecule has 4 aliphatic carbocycles.